The molecule has 1 unspecified atom stereocenters. The number of aromatic amines is 1. The van der Waals surface area contributed by atoms with Crippen molar-refractivity contribution in [2.45, 2.75) is 38.5 Å². The van der Waals surface area contributed by atoms with Gasteiger partial charge in [-0.05, 0) is 49.9 Å². The fraction of sp³-hybridized carbons (Fsp3) is 0.500. The molecule has 4 rings (SSSR count). The Morgan fingerprint density at radius 2 is 2.03 bits per heavy atom. The minimum absolute atomic E-state index is 0.0328. The summed E-state index contributed by atoms with van der Waals surface area (Å²) < 4.78 is 5.83. The number of rotatable bonds is 1. The van der Waals surface area contributed by atoms with Gasteiger partial charge in [-0.25, -0.2) is 0 Å². The lowest BCUT2D eigenvalue weighted by atomic mass is 9.75. The Bertz CT molecular complexity index is 902. The first-order valence-corrected chi connectivity index (χ1v) is 10.9. The number of amides is 2. The van der Waals surface area contributed by atoms with Crippen molar-refractivity contribution in [3.8, 4) is 5.75 Å². The molecule has 2 aromatic rings. The molecule has 1 atom stereocenters. The van der Waals surface area contributed by atoms with Crippen LogP contribution in [0, 0.1) is 5.41 Å². The van der Waals surface area contributed by atoms with E-state index in [1.165, 1.54) is 0 Å². The molecule has 1 aromatic heterocycles. The van der Waals surface area contributed by atoms with E-state index in [4.69, 9.17) is 16.3 Å². The minimum Gasteiger partial charge on any atom is -0.493 e. The molecule has 0 saturated carbocycles. The Balaban J connectivity index is 1.54. The molecule has 30 heavy (non-hydrogen) atoms. The van der Waals surface area contributed by atoms with Gasteiger partial charge in [-0.3, -0.25) is 14.7 Å². The van der Waals surface area contributed by atoms with E-state index >= 15 is 0 Å². The smallest absolute Gasteiger partial charge is 0.271 e. The highest BCUT2D eigenvalue weighted by atomic mass is 35.5. The van der Waals surface area contributed by atoms with Gasteiger partial charge in [0.15, 0.2) is 0 Å². The van der Waals surface area contributed by atoms with E-state index in [0.717, 1.165) is 45.1 Å². The molecule has 0 bridgehead atoms. The molecule has 1 fully saturated rings. The molecule has 7 nitrogen and oxygen atoms in total. The number of nitrogens with one attached hydrogen (secondary N) is 2. The van der Waals surface area contributed by atoms with Crippen molar-refractivity contribution in [3.63, 3.8) is 0 Å². The third-order valence-electron chi connectivity index (χ3n) is 6.10. The molecule has 0 radical (unpaired) electrons. The van der Waals surface area contributed by atoms with Gasteiger partial charge in [0.1, 0.15) is 11.4 Å². The number of piperidine rings is 1. The maximum Gasteiger partial charge on any atom is 0.271 e. The highest BCUT2D eigenvalue weighted by Gasteiger charge is 2.38. The first kappa shape index (κ1) is 20.7. The molecule has 3 heterocycles. The predicted molar refractivity (Wildman–Crippen MR) is 114 cm³/mol. The summed E-state index contributed by atoms with van der Waals surface area (Å²) in [7, 11) is 0. The van der Waals surface area contributed by atoms with Gasteiger partial charge in [-0.2, -0.15) is 5.10 Å². The molecule has 1 saturated heterocycles. The number of aromatic nitrogens is 2. The maximum absolute atomic E-state index is 13.0. The van der Waals surface area contributed by atoms with Crippen LogP contribution in [0.1, 0.15) is 59.4 Å². The number of halogens is 1. The number of H-pyrrole nitrogens is 1. The van der Waals surface area contributed by atoms with Gasteiger partial charge >= 0.3 is 0 Å². The van der Waals surface area contributed by atoms with E-state index < -0.39 is 0 Å². The van der Waals surface area contributed by atoms with Crippen LogP contribution in [-0.2, 0) is 0 Å². The molecular weight excluding hydrogens is 404 g/mol. The summed E-state index contributed by atoms with van der Waals surface area (Å²) in [6.07, 6.45) is 7.47. The Morgan fingerprint density at radius 3 is 2.87 bits per heavy atom. The van der Waals surface area contributed by atoms with Crippen LogP contribution in [0.3, 0.4) is 0 Å². The zero-order valence-corrected chi connectivity index (χ0v) is 17.7. The van der Waals surface area contributed by atoms with E-state index in [9.17, 15) is 9.59 Å². The second-order valence-corrected chi connectivity index (χ2v) is 8.72. The van der Waals surface area contributed by atoms with E-state index in [1.807, 2.05) is 4.90 Å². The zero-order chi connectivity index (χ0) is 21.0. The normalized spacial score (nSPS) is 23.0. The van der Waals surface area contributed by atoms with Crippen molar-refractivity contribution in [3.05, 3.63) is 46.7 Å². The van der Waals surface area contributed by atoms with Crippen LogP contribution < -0.4 is 10.1 Å². The maximum atomic E-state index is 13.0. The standard InChI is InChI=1S/C22H27ClN4O3/c23-16-5-6-19-17(13-16)20(28)24-14-22(8-2-1-3-12-30-19)9-4-11-27(15-22)21(29)18-7-10-25-26-18/h5-7,10,13H,1-4,8-9,11-12,14-15H2,(H,24,28)(H,25,26). The summed E-state index contributed by atoms with van der Waals surface area (Å²) in [6, 6.07) is 6.85. The Kier molecular flexibility index (Phi) is 6.27. The lowest BCUT2D eigenvalue weighted by Gasteiger charge is -2.43. The quantitative estimate of drug-likeness (QED) is 0.722. The third-order valence-corrected chi connectivity index (χ3v) is 6.33. The van der Waals surface area contributed by atoms with Crippen LogP contribution in [0.2, 0.25) is 5.02 Å². The van der Waals surface area contributed by atoms with Crippen molar-refractivity contribution in [1.29, 1.82) is 0 Å². The molecule has 8 heteroatoms. The van der Waals surface area contributed by atoms with Crippen molar-refractivity contribution in [2.75, 3.05) is 26.2 Å². The van der Waals surface area contributed by atoms with Crippen LogP contribution in [0.15, 0.2) is 30.5 Å². The third kappa shape index (κ3) is 4.61. The fourth-order valence-electron chi connectivity index (χ4n) is 4.49. The summed E-state index contributed by atoms with van der Waals surface area (Å²) in [5.74, 6) is 0.338. The monoisotopic (exact) mass is 430 g/mol. The number of nitrogens with zero attached hydrogens (tertiary/aromatic N) is 2. The number of benzene rings is 1. The van der Waals surface area contributed by atoms with Gasteiger partial charge in [0.2, 0.25) is 0 Å². The molecular formula is C22H27ClN4O3. The second kappa shape index (κ2) is 9.08. The van der Waals surface area contributed by atoms with Crippen LogP contribution in [0.25, 0.3) is 0 Å². The van der Waals surface area contributed by atoms with Gasteiger partial charge in [0.25, 0.3) is 11.8 Å². The summed E-state index contributed by atoms with van der Waals surface area (Å²) in [5, 5.41) is 10.3. The zero-order valence-electron chi connectivity index (χ0n) is 17.0. The van der Waals surface area contributed by atoms with Gasteiger partial charge in [-0.1, -0.05) is 24.4 Å². The minimum atomic E-state index is -0.190. The highest BCUT2D eigenvalue weighted by Crippen LogP contribution is 2.36. The Hall–Kier alpha value is -2.54. The molecule has 0 aliphatic carbocycles. The highest BCUT2D eigenvalue weighted by molar-refractivity contribution is 6.31. The average molecular weight is 431 g/mol. The lowest BCUT2D eigenvalue weighted by Crippen LogP contribution is -2.51. The number of carbonyl (C=O) groups excluding carboxylic acids is 2. The van der Waals surface area contributed by atoms with Crippen molar-refractivity contribution >= 4 is 23.4 Å². The largest absolute Gasteiger partial charge is 0.493 e. The number of hydrogen-bond acceptors (Lipinski definition) is 4. The molecule has 2 amide bonds. The van der Waals surface area contributed by atoms with Crippen LogP contribution in [0.5, 0.6) is 5.75 Å². The SMILES string of the molecule is O=C1NCC2(CCCCCOc3ccc(Cl)cc31)CCCN(C(=O)c1ccn[nH]1)C2. The Morgan fingerprint density at radius 1 is 1.17 bits per heavy atom. The van der Waals surface area contributed by atoms with Gasteiger partial charge < -0.3 is 15.0 Å². The van der Waals surface area contributed by atoms with Crippen LogP contribution >= 0.6 is 11.6 Å². The van der Waals surface area contributed by atoms with E-state index in [-0.39, 0.29) is 17.2 Å². The number of hydrogen-bond donors (Lipinski definition) is 2. The van der Waals surface area contributed by atoms with Gasteiger partial charge in [0.05, 0.1) is 12.2 Å². The molecule has 2 aliphatic heterocycles. The first-order valence-electron chi connectivity index (χ1n) is 10.6. The van der Waals surface area contributed by atoms with Crippen molar-refractivity contribution in [2.24, 2.45) is 5.41 Å². The molecule has 1 spiro atoms. The summed E-state index contributed by atoms with van der Waals surface area (Å²) in [6.45, 7) is 2.44. The second-order valence-electron chi connectivity index (χ2n) is 8.28. The van der Waals surface area contributed by atoms with Crippen molar-refractivity contribution < 1.29 is 14.3 Å². The molecule has 1 aromatic carbocycles. The first-order chi connectivity index (χ1) is 14.6. The van der Waals surface area contributed by atoms with Gasteiger partial charge in [-0.15, -0.1) is 0 Å². The fourth-order valence-corrected chi connectivity index (χ4v) is 4.66. The molecule has 2 N–H and O–H groups in total. The van der Waals surface area contributed by atoms with E-state index in [0.29, 0.717) is 41.7 Å². The number of carbonyl (C=O) groups is 2. The molecule has 2 aliphatic rings. The summed E-state index contributed by atoms with van der Waals surface area (Å²) >= 11 is 6.12. The van der Waals surface area contributed by atoms with E-state index in [2.05, 4.69) is 15.5 Å². The van der Waals surface area contributed by atoms with Crippen LogP contribution in [-0.4, -0.2) is 53.2 Å². The topological polar surface area (TPSA) is 87.3 Å². The lowest BCUT2D eigenvalue weighted by molar-refractivity contribution is 0.0463. The molecule has 160 valence electrons. The van der Waals surface area contributed by atoms with Crippen LogP contribution in [0.4, 0.5) is 0 Å². The summed E-state index contributed by atoms with van der Waals surface area (Å²) in [5.41, 5.74) is 0.826. The average Bonchev–Trinajstić information content (AvgIpc) is 3.29. The number of ether oxygens (including phenoxy) is 1. The Labute approximate surface area is 181 Å². The summed E-state index contributed by atoms with van der Waals surface area (Å²) in [4.78, 5) is 27.7. The van der Waals surface area contributed by atoms with E-state index in [1.54, 1.807) is 30.5 Å². The van der Waals surface area contributed by atoms with Crippen molar-refractivity contribution in [1.82, 2.24) is 20.4 Å². The predicted octanol–water partition coefficient (Wildman–Crippen LogP) is 3.67. The van der Waals surface area contributed by atoms with Gasteiger partial charge in [0, 0.05) is 36.3 Å². The number of fused-ring (bicyclic) bond motifs is 1. The number of likely N-dealkylation sites (tertiary alicyclic amines) is 1.